The highest BCUT2D eigenvalue weighted by Crippen LogP contribution is 2.33. The van der Waals surface area contributed by atoms with Crippen molar-refractivity contribution in [1.29, 1.82) is 5.26 Å². The quantitative estimate of drug-likeness (QED) is 0.679. The second-order valence-corrected chi connectivity index (χ2v) is 7.96. The van der Waals surface area contributed by atoms with Gasteiger partial charge in [-0.3, -0.25) is 9.80 Å². The van der Waals surface area contributed by atoms with E-state index in [2.05, 4.69) is 11.0 Å². The molecule has 1 N–H and O–H groups in total. The van der Waals surface area contributed by atoms with Crippen LogP contribution in [0.1, 0.15) is 24.8 Å². The maximum atomic E-state index is 11.8. The van der Waals surface area contributed by atoms with Crippen LogP contribution in [0.2, 0.25) is 0 Å². The summed E-state index contributed by atoms with van der Waals surface area (Å²) < 4.78 is 16.9. The van der Waals surface area contributed by atoms with Gasteiger partial charge in [-0.15, -0.1) is 0 Å². The van der Waals surface area contributed by atoms with E-state index in [1.165, 1.54) is 0 Å². The molecule has 1 amide bonds. The van der Waals surface area contributed by atoms with Crippen molar-refractivity contribution in [3.05, 3.63) is 23.8 Å². The number of aliphatic hydroxyl groups is 1. The highest BCUT2D eigenvalue weighted by Gasteiger charge is 2.33. The molecule has 8 nitrogen and oxygen atoms in total. The third-order valence-electron chi connectivity index (χ3n) is 6.02. The van der Waals surface area contributed by atoms with Crippen LogP contribution < -0.4 is 9.47 Å². The van der Waals surface area contributed by atoms with E-state index in [1.807, 2.05) is 0 Å². The van der Waals surface area contributed by atoms with Gasteiger partial charge < -0.3 is 19.3 Å². The second kappa shape index (κ2) is 11.7. The molecule has 172 valence electrons. The maximum absolute atomic E-state index is 11.8. The van der Waals surface area contributed by atoms with E-state index in [0.29, 0.717) is 36.1 Å². The minimum Gasteiger partial charge on any atom is -0.486 e. The summed E-state index contributed by atoms with van der Waals surface area (Å²) in [5.74, 6) is 1.91. The van der Waals surface area contributed by atoms with E-state index in [9.17, 15) is 9.90 Å². The fourth-order valence-corrected chi connectivity index (χ4v) is 4.26. The highest BCUT2D eigenvalue weighted by atomic mass is 32.1. The molecular weight excluding hydrogens is 438 g/mol. The SMILES string of the molecule is N#Cc1ccc2c(c1)O[C@@H](CN1CCC(CCN3C(=O)OC[C@@H]3CO)CC1)CO2.S.S. The average molecular weight is 470 g/mol. The van der Waals surface area contributed by atoms with Gasteiger partial charge in [0, 0.05) is 19.2 Å². The van der Waals surface area contributed by atoms with E-state index < -0.39 is 0 Å². The molecule has 1 aromatic rings. The Morgan fingerprint density at radius 2 is 1.90 bits per heavy atom. The molecule has 2 fully saturated rings. The number of aliphatic hydroxyl groups excluding tert-OH is 1. The van der Waals surface area contributed by atoms with Crippen molar-refractivity contribution in [2.45, 2.75) is 31.4 Å². The summed E-state index contributed by atoms with van der Waals surface area (Å²) in [6, 6.07) is 7.18. The Kier molecular flexibility index (Phi) is 9.62. The first-order valence-electron chi connectivity index (χ1n) is 10.3. The van der Waals surface area contributed by atoms with Gasteiger partial charge in [-0.05, 0) is 50.4 Å². The minimum atomic E-state index is -0.309. The zero-order chi connectivity index (χ0) is 20.2. The number of nitrogens with zero attached hydrogens (tertiary/aromatic N) is 3. The zero-order valence-corrected chi connectivity index (χ0v) is 19.5. The first-order chi connectivity index (χ1) is 14.2. The van der Waals surface area contributed by atoms with Gasteiger partial charge in [-0.1, -0.05) is 0 Å². The number of hydrogen-bond acceptors (Lipinski definition) is 7. The lowest BCUT2D eigenvalue weighted by Crippen LogP contribution is -2.44. The standard InChI is InChI=1S/C21H27N3O5.2H2S/c22-10-16-1-2-19-20(9-16)29-18(14-27-19)11-23-6-3-15(4-7-23)5-8-24-17(12-25)13-28-21(24)26;;/h1-2,9,15,17-18,25H,3-8,11-14H2;2*1H2/t17-,18-;;/m0../s1. The van der Waals surface area contributed by atoms with Gasteiger partial charge in [0.1, 0.15) is 19.3 Å². The Bertz CT molecular complexity index is 783. The first-order valence-corrected chi connectivity index (χ1v) is 10.3. The lowest BCUT2D eigenvalue weighted by atomic mass is 9.93. The Hall–Kier alpha value is -1.80. The summed E-state index contributed by atoms with van der Waals surface area (Å²) in [5.41, 5.74) is 0.569. The molecular formula is C21H31N3O5S2. The Labute approximate surface area is 196 Å². The molecule has 4 rings (SSSR count). The third-order valence-corrected chi connectivity index (χ3v) is 6.02. The van der Waals surface area contributed by atoms with Crippen molar-refractivity contribution in [2.24, 2.45) is 5.92 Å². The molecule has 10 heteroatoms. The van der Waals surface area contributed by atoms with Gasteiger partial charge >= 0.3 is 6.09 Å². The first kappa shape index (κ1) is 25.5. The van der Waals surface area contributed by atoms with Gasteiger partial charge in [0.25, 0.3) is 0 Å². The number of cyclic esters (lactones) is 1. The van der Waals surface area contributed by atoms with Crippen molar-refractivity contribution < 1.29 is 24.1 Å². The summed E-state index contributed by atoms with van der Waals surface area (Å²) in [7, 11) is 0. The van der Waals surface area contributed by atoms with Crippen molar-refractivity contribution in [3.63, 3.8) is 0 Å². The predicted molar refractivity (Wildman–Crippen MR) is 125 cm³/mol. The van der Waals surface area contributed by atoms with Crippen LogP contribution >= 0.6 is 27.0 Å². The van der Waals surface area contributed by atoms with Crippen molar-refractivity contribution in [1.82, 2.24) is 9.80 Å². The van der Waals surface area contributed by atoms with Gasteiger partial charge in [0.2, 0.25) is 0 Å². The number of nitriles is 1. The molecule has 0 aromatic heterocycles. The molecule has 2 saturated heterocycles. The van der Waals surface area contributed by atoms with E-state index >= 15 is 0 Å². The van der Waals surface area contributed by atoms with Gasteiger partial charge in [-0.25, -0.2) is 4.79 Å². The van der Waals surface area contributed by atoms with Crippen LogP contribution in [0.4, 0.5) is 4.79 Å². The zero-order valence-electron chi connectivity index (χ0n) is 17.5. The molecule has 3 aliphatic heterocycles. The molecule has 2 atom stereocenters. The normalized spacial score (nSPS) is 23.4. The van der Waals surface area contributed by atoms with E-state index in [0.717, 1.165) is 38.9 Å². The number of fused-ring (bicyclic) bond motifs is 1. The van der Waals surface area contributed by atoms with Crippen LogP contribution in [-0.4, -0.2) is 79.1 Å². The lowest BCUT2D eigenvalue weighted by molar-refractivity contribution is 0.0464. The van der Waals surface area contributed by atoms with Gasteiger partial charge in [0.15, 0.2) is 11.5 Å². The largest absolute Gasteiger partial charge is 0.486 e. The lowest BCUT2D eigenvalue weighted by Gasteiger charge is -2.36. The molecule has 1 aromatic carbocycles. The van der Waals surface area contributed by atoms with E-state index in [-0.39, 0.29) is 58.4 Å². The summed E-state index contributed by atoms with van der Waals surface area (Å²) in [6.07, 6.45) is 2.74. The monoisotopic (exact) mass is 469 g/mol. The van der Waals surface area contributed by atoms with Crippen LogP contribution in [0.15, 0.2) is 18.2 Å². The second-order valence-electron chi connectivity index (χ2n) is 7.96. The molecule has 0 bridgehead atoms. The summed E-state index contributed by atoms with van der Waals surface area (Å²) >= 11 is 0. The van der Waals surface area contributed by atoms with E-state index in [4.69, 9.17) is 19.5 Å². The molecule has 3 heterocycles. The Balaban J connectivity index is 0.00000171. The number of piperidine rings is 1. The van der Waals surface area contributed by atoms with Crippen LogP contribution in [0.25, 0.3) is 0 Å². The van der Waals surface area contributed by atoms with Crippen LogP contribution in [0, 0.1) is 17.2 Å². The molecule has 0 aliphatic carbocycles. The fourth-order valence-electron chi connectivity index (χ4n) is 4.26. The predicted octanol–water partition coefficient (Wildman–Crippen LogP) is 1.84. The summed E-state index contributed by atoms with van der Waals surface area (Å²) in [4.78, 5) is 15.8. The number of benzene rings is 1. The third kappa shape index (κ3) is 6.13. The molecule has 0 unspecified atom stereocenters. The topological polar surface area (TPSA) is 95.3 Å². The highest BCUT2D eigenvalue weighted by molar-refractivity contribution is 7.59. The number of amides is 1. The average Bonchev–Trinajstić information content (AvgIpc) is 3.12. The number of hydrogen-bond donors (Lipinski definition) is 1. The van der Waals surface area contributed by atoms with Gasteiger partial charge in [0.05, 0.1) is 24.3 Å². The number of likely N-dealkylation sites (tertiary alicyclic amines) is 1. The number of carbonyl (C=O) groups excluding carboxylic acids is 1. The van der Waals surface area contributed by atoms with E-state index in [1.54, 1.807) is 23.1 Å². The van der Waals surface area contributed by atoms with Crippen LogP contribution in [0.5, 0.6) is 11.5 Å². The Morgan fingerprint density at radius 3 is 2.61 bits per heavy atom. The van der Waals surface area contributed by atoms with Crippen LogP contribution in [0.3, 0.4) is 0 Å². The smallest absolute Gasteiger partial charge is 0.410 e. The summed E-state index contributed by atoms with van der Waals surface area (Å²) in [6.45, 7) is 4.18. The minimum absolute atomic E-state index is 0. The number of rotatable bonds is 6. The molecule has 3 aliphatic rings. The van der Waals surface area contributed by atoms with Crippen molar-refractivity contribution in [2.75, 3.05) is 46.0 Å². The van der Waals surface area contributed by atoms with Gasteiger partial charge in [-0.2, -0.15) is 32.3 Å². The van der Waals surface area contributed by atoms with Crippen molar-refractivity contribution >= 4 is 33.1 Å². The molecule has 0 radical (unpaired) electrons. The molecule has 0 spiro atoms. The molecule has 0 saturated carbocycles. The van der Waals surface area contributed by atoms with Crippen LogP contribution in [-0.2, 0) is 4.74 Å². The maximum Gasteiger partial charge on any atom is 0.410 e. The number of ether oxygens (including phenoxy) is 3. The summed E-state index contributed by atoms with van der Waals surface area (Å²) in [5, 5.41) is 18.4. The Morgan fingerprint density at radius 1 is 1.13 bits per heavy atom. The number of carbonyl (C=O) groups is 1. The molecule has 31 heavy (non-hydrogen) atoms. The fraction of sp³-hybridized carbons (Fsp3) is 0.619. The van der Waals surface area contributed by atoms with Crippen molar-refractivity contribution in [3.8, 4) is 17.6 Å².